The molecular formula is C15H16N2O3. The minimum absolute atomic E-state index is 0.207. The maximum Gasteiger partial charge on any atom is 0.199 e. The Labute approximate surface area is 117 Å². The highest BCUT2D eigenvalue weighted by atomic mass is 16.4. The molecule has 0 aliphatic heterocycles. The lowest BCUT2D eigenvalue weighted by atomic mass is 10.1. The standard InChI is InChI=1S/C15H16N2O3/c1-17(2)16-10-12-8-9-13(20-12)15(19)14(18)11-6-4-3-5-7-11/h3-10,15,19H,1-2H3/b16-10+. The van der Waals surface area contributed by atoms with Gasteiger partial charge in [-0.1, -0.05) is 30.3 Å². The molecule has 0 spiro atoms. The van der Waals surface area contributed by atoms with Crippen LogP contribution in [0.4, 0.5) is 0 Å². The molecule has 0 saturated carbocycles. The summed E-state index contributed by atoms with van der Waals surface area (Å²) in [4.78, 5) is 12.1. The van der Waals surface area contributed by atoms with Crippen LogP contribution in [0.25, 0.3) is 0 Å². The van der Waals surface area contributed by atoms with Gasteiger partial charge < -0.3 is 14.5 Å². The number of nitrogens with zero attached hydrogens (tertiary/aromatic N) is 2. The maximum absolute atomic E-state index is 12.1. The highest BCUT2D eigenvalue weighted by molar-refractivity contribution is 5.99. The molecule has 1 atom stereocenters. The van der Waals surface area contributed by atoms with Crippen molar-refractivity contribution in [1.29, 1.82) is 0 Å². The molecule has 0 radical (unpaired) electrons. The molecule has 5 heteroatoms. The number of furan rings is 1. The van der Waals surface area contributed by atoms with Gasteiger partial charge in [0.05, 0.1) is 6.21 Å². The van der Waals surface area contributed by atoms with Gasteiger partial charge in [-0.3, -0.25) is 4.79 Å². The summed E-state index contributed by atoms with van der Waals surface area (Å²) in [6.07, 6.45) is 0.211. The molecule has 1 aromatic heterocycles. The van der Waals surface area contributed by atoms with Crippen LogP contribution < -0.4 is 0 Å². The second kappa shape index (κ2) is 6.16. The summed E-state index contributed by atoms with van der Waals surface area (Å²) < 4.78 is 5.39. The molecule has 0 amide bonds. The lowest BCUT2D eigenvalue weighted by Gasteiger charge is -2.06. The van der Waals surface area contributed by atoms with Crippen molar-refractivity contribution in [3.8, 4) is 0 Å². The average Bonchev–Trinajstić information content (AvgIpc) is 2.93. The van der Waals surface area contributed by atoms with Gasteiger partial charge in [0.2, 0.25) is 0 Å². The Morgan fingerprint density at radius 3 is 2.60 bits per heavy atom. The zero-order chi connectivity index (χ0) is 14.5. The number of carbonyl (C=O) groups is 1. The molecule has 1 unspecified atom stereocenters. The lowest BCUT2D eigenvalue weighted by molar-refractivity contribution is 0.0703. The van der Waals surface area contributed by atoms with Crippen LogP contribution in [-0.4, -0.2) is 36.2 Å². The number of ketones is 1. The Bertz CT molecular complexity index is 603. The number of benzene rings is 1. The second-order valence-corrected chi connectivity index (χ2v) is 4.46. The van der Waals surface area contributed by atoms with Crippen molar-refractivity contribution in [2.45, 2.75) is 6.10 Å². The van der Waals surface area contributed by atoms with Crippen LogP contribution in [0.3, 0.4) is 0 Å². The number of hydrogen-bond donors (Lipinski definition) is 1. The number of carbonyl (C=O) groups excluding carboxylic acids is 1. The number of aliphatic hydroxyl groups is 1. The molecule has 0 aliphatic rings. The predicted octanol–water partition coefficient (Wildman–Crippen LogP) is 2.09. The third-order valence-electron chi connectivity index (χ3n) is 2.64. The van der Waals surface area contributed by atoms with Gasteiger partial charge >= 0.3 is 0 Å². The lowest BCUT2D eigenvalue weighted by Crippen LogP contribution is -2.11. The predicted molar refractivity (Wildman–Crippen MR) is 75.7 cm³/mol. The van der Waals surface area contributed by atoms with Gasteiger partial charge in [0.1, 0.15) is 11.5 Å². The van der Waals surface area contributed by atoms with E-state index in [9.17, 15) is 9.90 Å². The highest BCUT2D eigenvalue weighted by Crippen LogP contribution is 2.20. The number of aliphatic hydroxyl groups excluding tert-OH is 1. The molecule has 1 aromatic carbocycles. The van der Waals surface area contributed by atoms with E-state index in [1.54, 1.807) is 55.5 Å². The summed E-state index contributed by atoms with van der Waals surface area (Å²) in [7, 11) is 3.57. The third kappa shape index (κ3) is 3.33. The van der Waals surface area contributed by atoms with Crippen molar-refractivity contribution in [2.24, 2.45) is 5.10 Å². The number of Topliss-reactive ketones (excluding diaryl/α,β-unsaturated/α-hetero) is 1. The minimum atomic E-state index is -1.31. The molecule has 1 heterocycles. The topological polar surface area (TPSA) is 66.0 Å². The largest absolute Gasteiger partial charge is 0.457 e. The van der Waals surface area contributed by atoms with Crippen molar-refractivity contribution in [3.63, 3.8) is 0 Å². The molecule has 1 N–H and O–H groups in total. The van der Waals surface area contributed by atoms with Crippen LogP contribution in [0, 0.1) is 0 Å². The minimum Gasteiger partial charge on any atom is -0.457 e. The molecule has 5 nitrogen and oxygen atoms in total. The number of hydrazone groups is 1. The van der Waals surface area contributed by atoms with Crippen molar-refractivity contribution in [1.82, 2.24) is 5.01 Å². The fourth-order valence-corrected chi connectivity index (χ4v) is 1.65. The maximum atomic E-state index is 12.1. The van der Waals surface area contributed by atoms with Gasteiger partial charge in [0.15, 0.2) is 11.9 Å². The van der Waals surface area contributed by atoms with E-state index in [0.717, 1.165) is 0 Å². The van der Waals surface area contributed by atoms with E-state index in [1.165, 1.54) is 6.21 Å². The molecule has 0 fully saturated rings. The molecule has 0 aliphatic carbocycles. The van der Waals surface area contributed by atoms with Crippen molar-refractivity contribution in [3.05, 3.63) is 59.5 Å². The summed E-state index contributed by atoms with van der Waals surface area (Å²) in [6, 6.07) is 11.8. The summed E-state index contributed by atoms with van der Waals surface area (Å²) in [5, 5.41) is 15.7. The fourth-order valence-electron chi connectivity index (χ4n) is 1.65. The fraction of sp³-hybridized carbons (Fsp3) is 0.200. The molecule has 2 rings (SSSR count). The molecule has 0 saturated heterocycles. The molecule has 2 aromatic rings. The zero-order valence-corrected chi connectivity index (χ0v) is 11.4. The van der Waals surface area contributed by atoms with E-state index in [4.69, 9.17) is 4.42 Å². The summed E-state index contributed by atoms with van der Waals surface area (Å²) in [5.74, 6) is 0.295. The first kappa shape index (κ1) is 14.0. The van der Waals surface area contributed by atoms with Crippen LogP contribution in [0.2, 0.25) is 0 Å². The Hall–Kier alpha value is -2.40. The monoisotopic (exact) mass is 272 g/mol. The van der Waals surface area contributed by atoms with Gasteiger partial charge in [-0.15, -0.1) is 0 Å². The van der Waals surface area contributed by atoms with Crippen LogP contribution >= 0.6 is 0 Å². The summed E-state index contributed by atoms with van der Waals surface area (Å²) in [5.41, 5.74) is 0.444. The molecule has 104 valence electrons. The van der Waals surface area contributed by atoms with Gasteiger partial charge in [0, 0.05) is 19.7 Å². The van der Waals surface area contributed by atoms with Crippen molar-refractivity contribution >= 4 is 12.0 Å². The smallest absolute Gasteiger partial charge is 0.199 e. The quantitative estimate of drug-likeness (QED) is 0.514. The van der Waals surface area contributed by atoms with E-state index in [-0.39, 0.29) is 5.76 Å². The van der Waals surface area contributed by atoms with Crippen LogP contribution in [0.5, 0.6) is 0 Å². The zero-order valence-electron chi connectivity index (χ0n) is 11.4. The van der Waals surface area contributed by atoms with E-state index in [0.29, 0.717) is 11.3 Å². The first-order chi connectivity index (χ1) is 9.58. The van der Waals surface area contributed by atoms with E-state index in [2.05, 4.69) is 5.10 Å². The highest BCUT2D eigenvalue weighted by Gasteiger charge is 2.22. The van der Waals surface area contributed by atoms with E-state index in [1.807, 2.05) is 6.07 Å². The van der Waals surface area contributed by atoms with Gasteiger partial charge in [-0.05, 0) is 12.1 Å². The summed E-state index contributed by atoms with van der Waals surface area (Å²) >= 11 is 0. The first-order valence-electron chi connectivity index (χ1n) is 6.16. The third-order valence-corrected chi connectivity index (χ3v) is 2.64. The average molecular weight is 272 g/mol. The van der Waals surface area contributed by atoms with E-state index >= 15 is 0 Å². The first-order valence-corrected chi connectivity index (χ1v) is 6.16. The normalized spacial score (nSPS) is 12.6. The second-order valence-electron chi connectivity index (χ2n) is 4.46. The van der Waals surface area contributed by atoms with Crippen molar-refractivity contribution < 1.29 is 14.3 Å². The van der Waals surface area contributed by atoms with Crippen LogP contribution in [0.15, 0.2) is 52.0 Å². The van der Waals surface area contributed by atoms with Crippen LogP contribution in [-0.2, 0) is 0 Å². The Balaban J connectivity index is 2.14. The Morgan fingerprint density at radius 2 is 1.95 bits per heavy atom. The Kier molecular flexibility index (Phi) is 4.32. The number of hydrogen-bond acceptors (Lipinski definition) is 5. The van der Waals surface area contributed by atoms with Crippen molar-refractivity contribution in [2.75, 3.05) is 14.1 Å². The molecule has 0 bridgehead atoms. The van der Waals surface area contributed by atoms with Crippen LogP contribution in [0.1, 0.15) is 28.0 Å². The molecule has 20 heavy (non-hydrogen) atoms. The van der Waals surface area contributed by atoms with Gasteiger partial charge in [-0.25, -0.2) is 0 Å². The van der Waals surface area contributed by atoms with Gasteiger partial charge in [-0.2, -0.15) is 5.10 Å². The Morgan fingerprint density at radius 1 is 1.25 bits per heavy atom. The van der Waals surface area contributed by atoms with E-state index < -0.39 is 11.9 Å². The van der Waals surface area contributed by atoms with Gasteiger partial charge in [0.25, 0.3) is 0 Å². The number of rotatable bonds is 5. The molecular weight excluding hydrogens is 256 g/mol. The SMILES string of the molecule is CN(C)/N=C/c1ccc(C(O)C(=O)c2ccccc2)o1. The summed E-state index contributed by atoms with van der Waals surface area (Å²) in [6.45, 7) is 0.